The van der Waals surface area contributed by atoms with Crippen LogP contribution in [0.15, 0.2) is 10.4 Å². The highest BCUT2D eigenvalue weighted by atomic mass is 32.1. The molecule has 0 bridgehead atoms. The van der Waals surface area contributed by atoms with E-state index in [0.29, 0.717) is 12.6 Å². The van der Waals surface area contributed by atoms with Crippen LogP contribution >= 0.6 is 11.3 Å². The molecular formula is C20H39N5S. The number of aromatic nitrogens is 1. The smallest absolute Gasteiger partial charge is 0.191 e. The maximum absolute atomic E-state index is 4.73. The number of nitrogens with one attached hydrogen (secondary N) is 2. The third-order valence-corrected chi connectivity index (χ3v) is 5.26. The standard InChI is InChI=1S/C20H39N5S/c1-8-21-19(23-16(4)12-11-13-25(9-2)10-3)22-14-18-24-17(15-26-18)20(5,6)7/h15-16H,8-14H2,1-7H3,(H2,21,22,23). The Morgan fingerprint density at radius 2 is 1.96 bits per heavy atom. The Hall–Kier alpha value is -1.14. The molecule has 0 aromatic carbocycles. The maximum Gasteiger partial charge on any atom is 0.191 e. The molecule has 5 nitrogen and oxygen atoms in total. The molecule has 0 spiro atoms. The molecule has 1 atom stereocenters. The lowest BCUT2D eigenvalue weighted by molar-refractivity contribution is 0.292. The molecule has 1 rings (SSSR count). The van der Waals surface area contributed by atoms with Gasteiger partial charge < -0.3 is 15.5 Å². The third kappa shape index (κ3) is 8.49. The lowest BCUT2D eigenvalue weighted by Gasteiger charge is -2.21. The molecule has 0 aliphatic heterocycles. The first kappa shape index (κ1) is 22.9. The first-order valence-corrected chi connectivity index (χ1v) is 10.9. The minimum atomic E-state index is 0.0978. The number of nitrogens with zero attached hydrogens (tertiary/aromatic N) is 3. The van der Waals surface area contributed by atoms with E-state index in [1.165, 1.54) is 13.0 Å². The monoisotopic (exact) mass is 381 g/mol. The fourth-order valence-corrected chi connectivity index (χ4v) is 3.61. The summed E-state index contributed by atoms with van der Waals surface area (Å²) >= 11 is 1.70. The summed E-state index contributed by atoms with van der Waals surface area (Å²) in [6.07, 6.45) is 2.35. The fraction of sp³-hybridized carbons (Fsp3) is 0.800. The number of hydrogen-bond acceptors (Lipinski definition) is 4. The van der Waals surface area contributed by atoms with E-state index in [9.17, 15) is 0 Å². The normalized spacial score (nSPS) is 13.9. The van der Waals surface area contributed by atoms with Gasteiger partial charge in [-0.3, -0.25) is 0 Å². The number of thiazole rings is 1. The van der Waals surface area contributed by atoms with Gasteiger partial charge >= 0.3 is 0 Å². The second kappa shape index (κ2) is 11.5. The summed E-state index contributed by atoms with van der Waals surface area (Å²) < 4.78 is 0. The first-order chi connectivity index (χ1) is 12.3. The average Bonchev–Trinajstić information content (AvgIpc) is 3.06. The van der Waals surface area contributed by atoms with Crippen LogP contribution in [0.3, 0.4) is 0 Å². The number of aliphatic imine (C=N–C) groups is 1. The Morgan fingerprint density at radius 1 is 1.27 bits per heavy atom. The van der Waals surface area contributed by atoms with Crippen molar-refractivity contribution in [3.8, 4) is 0 Å². The summed E-state index contributed by atoms with van der Waals surface area (Å²) in [7, 11) is 0. The Morgan fingerprint density at radius 3 is 2.50 bits per heavy atom. The van der Waals surface area contributed by atoms with Crippen LogP contribution in [-0.2, 0) is 12.0 Å². The number of rotatable bonds is 10. The van der Waals surface area contributed by atoms with E-state index in [4.69, 9.17) is 9.98 Å². The molecular weight excluding hydrogens is 342 g/mol. The predicted molar refractivity (Wildman–Crippen MR) is 115 cm³/mol. The van der Waals surface area contributed by atoms with E-state index >= 15 is 0 Å². The molecule has 1 heterocycles. The van der Waals surface area contributed by atoms with Gasteiger partial charge in [-0.2, -0.15) is 0 Å². The SMILES string of the molecule is CCNC(=NCc1nc(C(C)(C)C)cs1)NC(C)CCCN(CC)CC. The van der Waals surface area contributed by atoms with Gasteiger partial charge in [0.1, 0.15) is 5.01 Å². The van der Waals surface area contributed by atoms with Crippen molar-refractivity contribution in [3.63, 3.8) is 0 Å². The van der Waals surface area contributed by atoms with Crippen LogP contribution in [0, 0.1) is 0 Å². The second-order valence-electron chi connectivity index (χ2n) is 7.79. The summed E-state index contributed by atoms with van der Waals surface area (Å²) in [5, 5.41) is 10.1. The average molecular weight is 382 g/mol. The molecule has 6 heteroatoms. The zero-order valence-electron chi connectivity index (χ0n) is 17.9. The van der Waals surface area contributed by atoms with Gasteiger partial charge in [0.15, 0.2) is 5.96 Å². The quantitative estimate of drug-likeness (QED) is 0.475. The molecule has 0 fully saturated rings. The minimum absolute atomic E-state index is 0.0978. The fourth-order valence-electron chi connectivity index (χ4n) is 2.66. The molecule has 1 aromatic rings. The van der Waals surface area contributed by atoms with Crippen molar-refractivity contribution in [2.45, 2.75) is 79.3 Å². The zero-order valence-corrected chi connectivity index (χ0v) is 18.7. The van der Waals surface area contributed by atoms with E-state index < -0.39 is 0 Å². The van der Waals surface area contributed by atoms with E-state index in [0.717, 1.165) is 42.7 Å². The van der Waals surface area contributed by atoms with Crippen LogP contribution in [-0.4, -0.2) is 48.1 Å². The highest BCUT2D eigenvalue weighted by molar-refractivity contribution is 7.09. The van der Waals surface area contributed by atoms with Crippen LogP contribution in [0.2, 0.25) is 0 Å². The molecule has 1 aromatic heterocycles. The van der Waals surface area contributed by atoms with Crippen molar-refractivity contribution in [2.24, 2.45) is 4.99 Å². The van der Waals surface area contributed by atoms with Gasteiger partial charge in [0.25, 0.3) is 0 Å². The van der Waals surface area contributed by atoms with Crippen LogP contribution < -0.4 is 10.6 Å². The van der Waals surface area contributed by atoms with Crippen LogP contribution in [0.25, 0.3) is 0 Å². The number of guanidine groups is 1. The van der Waals surface area contributed by atoms with Gasteiger partial charge in [-0.05, 0) is 46.3 Å². The Balaban J connectivity index is 2.53. The largest absolute Gasteiger partial charge is 0.357 e. The zero-order chi connectivity index (χ0) is 19.6. The van der Waals surface area contributed by atoms with Crippen molar-refractivity contribution in [2.75, 3.05) is 26.2 Å². The molecule has 0 radical (unpaired) electrons. The van der Waals surface area contributed by atoms with E-state index in [-0.39, 0.29) is 5.41 Å². The van der Waals surface area contributed by atoms with Gasteiger partial charge in [-0.1, -0.05) is 34.6 Å². The number of hydrogen-bond donors (Lipinski definition) is 2. The van der Waals surface area contributed by atoms with Gasteiger partial charge in [-0.15, -0.1) is 11.3 Å². The Labute approximate surface area is 164 Å². The van der Waals surface area contributed by atoms with E-state index in [1.54, 1.807) is 11.3 Å². The third-order valence-electron chi connectivity index (χ3n) is 4.43. The van der Waals surface area contributed by atoms with Gasteiger partial charge in [-0.25, -0.2) is 9.98 Å². The van der Waals surface area contributed by atoms with Crippen molar-refractivity contribution in [1.82, 2.24) is 20.5 Å². The van der Waals surface area contributed by atoms with Crippen molar-refractivity contribution in [3.05, 3.63) is 16.1 Å². The lowest BCUT2D eigenvalue weighted by atomic mass is 9.93. The first-order valence-electron chi connectivity index (χ1n) is 10.0. The predicted octanol–water partition coefficient (Wildman–Crippen LogP) is 4.01. The Kier molecular flexibility index (Phi) is 10.2. The summed E-state index contributed by atoms with van der Waals surface area (Å²) in [6, 6.07) is 0.407. The molecule has 150 valence electrons. The maximum atomic E-state index is 4.73. The summed E-state index contributed by atoms with van der Waals surface area (Å²) in [6.45, 7) is 20.3. The minimum Gasteiger partial charge on any atom is -0.357 e. The molecule has 1 unspecified atom stereocenters. The van der Waals surface area contributed by atoms with Gasteiger partial charge in [0.05, 0.1) is 12.2 Å². The molecule has 0 amide bonds. The summed E-state index contributed by atoms with van der Waals surface area (Å²) in [4.78, 5) is 11.9. The van der Waals surface area contributed by atoms with E-state index in [1.807, 2.05) is 0 Å². The summed E-state index contributed by atoms with van der Waals surface area (Å²) in [5.74, 6) is 0.885. The highest BCUT2D eigenvalue weighted by Crippen LogP contribution is 2.24. The van der Waals surface area contributed by atoms with Crippen LogP contribution in [0.1, 0.15) is 72.0 Å². The molecule has 0 aliphatic rings. The van der Waals surface area contributed by atoms with Crippen molar-refractivity contribution < 1.29 is 0 Å². The topological polar surface area (TPSA) is 52.6 Å². The highest BCUT2D eigenvalue weighted by Gasteiger charge is 2.17. The molecule has 0 saturated heterocycles. The van der Waals surface area contributed by atoms with E-state index in [2.05, 4.69) is 69.4 Å². The lowest BCUT2D eigenvalue weighted by Crippen LogP contribution is -2.42. The second-order valence-corrected chi connectivity index (χ2v) is 8.73. The molecule has 2 N–H and O–H groups in total. The van der Waals surface area contributed by atoms with Gasteiger partial charge in [0, 0.05) is 23.4 Å². The van der Waals surface area contributed by atoms with Crippen molar-refractivity contribution >= 4 is 17.3 Å². The van der Waals surface area contributed by atoms with Gasteiger partial charge in [0.2, 0.25) is 0 Å². The van der Waals surface area contributed by atoms with Crippen molar-refractivity contribution in [1.29, 1.82) is 0 Å². The van der Waals surface area contributed by atoms with Crippen LogP contribution in [0.5, 0.6) is 0 Å². The Bertz CT molecular complexity index is 529. The van der Waals surface area contributed by atoms with Crippen LogP contribution in [0.4, 0.5) is 0 Å². The molecule has 0 aliphatic carbocycles. The summed E-state index contributed by atoms with van der Waals surface area (Å²) in [5.41, 5.74) is 1.25. The molecule has 0 saturated carbocycles. The molecule has 26 heavy (non-hydrogen) atoms.